The number of piperidine rings is 1. The van der Waals surface area contributed by atoms with Crippen LogP contribution in [0.4, 0.5) is 0 Å². The second-order valence-corrected chi connectivity index (χ2v) is 5.24. The van der Waals surface area contributed by atoms with Gasteiger partial charge in [0.1, 0.15) is 0 Å². The van der Waals surface area contributed by atoms with Crippen LogP contribution in [-0.2, 0) is 4.79 Å². The van der Waals surface area contributed by atoms with Crippen LogP contribution in [0.15, 0.2) is 12.7 Å². The normalized spacial score (nSPS) is 23.0. The molecule has 1 heterocycles. The molecule has 0 amide bonds. The topological polar surface area (TPSA) is 40.5 Å². The van der Waals surface area contributed by atoms with Crippen molar-refractivity contribution >= 4 is 5.97 Å². The van der Waals surface area contributed by atoms with Crippen molar-refractivity contribution in [3.63, 3.8) is 0 Å². The molecular weight excluding hydrogens is 202 g/mol. The van der Waals surface area contributed by atoms with Crippen LogP contribution < -0.4 is 0 Å². The van der Waals surface area contributed by atoms with Crippen molar-refractivity contribution in [2.45, 2.75) is 33.1 Å². The molecule has 1 unspecified atom stereocenters. The van der Waals surface area contributed by atoms with E-state index in [0.717, 1.165) is 38.9 Å². The molecule has 0 saturated carbocycles. The quantitative estimate of drug-likeness (QED) is 0.730. The third-order valence-electron chi connectivity index (χ3n) is 3.73. The predicted octanol–water partition coefficient (Wildman–Crippen LogP) is 2.39. The van der Waals surface area contributed by atoms with E-state index in [0.29, 0.717) is 0 Å². The first-order chi connectivity index (χ1) is 7.48. The van der Waals surface area contributed by atoms with Crippen LogP contribution in [0.5, 0.6) is 0 Å². The van der Waals surface area contributed by atoms with Gasteiger partial charge in [-0.05, 0) is 45.6 Å². The SMILES string of the molecule is C=CCCN1CCCC(C(C)(C)C(=O)O)C1. The molecule has 16 heavy (non-hydrogen) atoms. The van der Waals surface area contributed by atoms with Gasteiger partial charge in [0.2, 0.25) is 0 Å². The molecule has 92 valence electrons. The fourth-order valence-corrected chi connectivity index (χ4v) is 2.30. The number of hydrogen-bond donors (Lipinski definition) is 1. The molecule has 0 aromatic rings. The van der Waals surface area contributed by atoms with Crippen LogP contribution in [0.2, 0.25) is 0 Å². The minimum atomic E-state index is -0.678. The Kier molecular flexibility index (Phi) is 4.54. The van der Waals surface area contributed by atoms with Gasteiger partial charge in [0, 0.05) is 13.1 Å². The number of carboxylic acid groups (broad SMARTS) is 1. The van der Waals surface area contributed by atoms with Gasteiger partial charge in [-0.15, -0.1) is 6.58 Å². The summed E-state index contributed by atoms with van der Waals surface area (Å²) in [6, 6.07) is 0. The van der Waals surface area contributed by atoms with E-state index in [-0.39, 0.29) is 5.92 Å². The molecule has 0 aromatic heterocycles. The molecule has 0 radical (unpaired) electrons. The Labute approximate surface area is 98.1 Å². The number of carboxylic acids is 1. The van der Waals surface area contributed by atoms with Gasteiger partial charge in [-0.2, -0.15) is 0 Å². The Bertz CT molecular complexity index is 261. The molecule has 1 aliphatic rings. The summed E-state index contributed by atoms with van der Waals surface area (Å²) in [7, 11) is 0. The van der Waals surface area contributed by atoms with Crippen LogP contribution >= 0.6 is 0 Å². The van der Waals surface area contributed by atoms with Crippen molar-refractivity contribution in [1.29, 1.82) is 0 Å². The lowest BCUT2D eigenvalue weighted by Gasteiger charge is -2.39. The van der Waals surface area contributed by atoms with E-state index in [1.165, 1.54) is 0 Å². The Morgan fingerprint density at radius 1 is 1.62 bits per heavy atom. The number of hydrogen-bond acceptors (Lipinski definition) is 2. The zero-order chi connectivity index (χ0) is 12.2. The third kappa shape index (κ3) is 3.08. The van der Waals surface area contributed by atoms with E-state index in [4.69, 9.17) is 0 Å². The van der Waals surface area contributed by atoms with E-state index >= 15 is 0 Å². The van der Waals surface area contributed by atoms with Crippen molar-refractivity contribution < 1.29 is 9.90 Å². The summed E-state index contributed by atoms with van der Waals surface area (Å²) in [4.78, 5) is 13.6. The summed E-state index contributed by atoms with van der Waals surface area (Å²) >= 11 is 0. The van der Waals surface area contributed by atoms with Gasteiger partial charge in [0.25, 0.3) is 0 Å². The van der Waals surface area contributed by atoms with Gasteiger partial charge in [-0.3, -0.25) is 4.79 Å². The van der Waals surface area contributed by atoms with Crippen LogP contribution in [0.3, 0.4) is 0 Å². The molecule has 3 nitrogen and oxygen atoms in total. The van der Waals surface area contributed by atoms with Gasteiger partial charge in [-0.25, -0.2) is 0 Å². The highest BCUT2D eigenvalue weighted by atomic mass is 16.4. The Morgan fingerprint density at radius 2 is 2.31 bits per heavy atom. The highest BCUT2D eigenvalue weighted by Gasteiger charge is 2.38. The highest BCUT2D eigenvalue weighted by Crippen LogP contribution is 2.34. The van der Waals surface area contributed by atoms with Crippen molar-refractivity contribution in [2.75, 3.05) is 19.6 Å². The molecule has 0 aliphatic carbocycles. The molecule has 0 aromatic carbocycles. The Hall–Kier alpha value is -0.830. The molecule has 1 atom stereocenters. The lowest BCUT2D eigenvalue weighted by Crippen LogP contribution is -2.44. The summed E-state index contributed by atoms with van der Waals surface area (Å²) in [6.07, 6.45) is 5.05. The fourth-order valence-electron chi connectivity index (χ4n) is 2.30. The maximum atomic E-state index is 11.2. The van der Waals surface area contributed by atoms with E-state index in [2.05, 4.69) is 11.5 Å². The lowest BCUT2D eigenvalue weighted by atomic mass is 9.74. The summed E-state index contributed by atoms with van der Waals surface area (Å²) in [5.74, 6) is -0.411. The summed E-state index contributed by atoms with van der Waals surface area (Å²) < 4.78 is 0. The molecule has 0 bridgehead atoms. The van der Waals surface area contributed by atoms with Crippen molar-refractivity contribution in [3.8, 4) is 0 Å². The van der Waals surface area contributed by atoms with Crippen LogP contribution in [0, 0.1) is 11.3 Å². The second kappa shape index (κ2) is 5.48. The van der Waals surface area contributed by atoms with E-state index in [1.54, 1.807) is 0 Å². The summed E-state index contributed by atoms with van der Waals surface area (Å²) in [5, 5.41) is 9.22. The van der Waals surface area contributed by atoms with Crippen LogP contribution in [0.25, 0.3) is 0 Å². The first-order valence-corrected chi connectivity index (χ1v) is 6.05. The number of rotatable bonds is 5. The number of likely N-dealkylation sites (tertiary alicyclic amines) is 1. The van der Waals surface area contributed by atoms with E-state index in [1.807, 2.05) is 19.9 Å². The zero-order valence-electron chi connectivity index (χ0n) is 10.4. The molecule has 1 aliphatic heterocycles. The fraction of sp³-hybridized carbons (Fsp3) is 0.769. The average molecular weight is 225 g/mol. The molecule has 1 fully saturated rings. The summed E-state index contributed by atoms with van der Waals surface area (Å²) in [6.45, 7) is 10.4. The van der Waals surface area contributed by atoms with Gasteiger partial charge >= 0.3 is 5.97 Å². The number of carbonyl (C=O) groups is 1. The second-order valence-electron chi connectivity index (χ2n) is 5.24. The average Bonchev–Trinajstić information content (AvgIpc) is 2.26. The van der Waals surface area contributed by atoms with E-state index < -0.39 is 11.4 Å². The smallest absolute Gasteiger partial charge is 0.309 e. The highest BCUT2D eigenvalue weighted by molar-refractivity contribution is 5.74. The van der Waals surface area contributed by atoms with Gasteiger partial charge in [0.15, 0.2) is 0 Å². The largest absolute Gasteiger partial charge is 0.481 e. The summed E-state index contributed by atoms with van der Waals surface area (Å²) in [5.41, 5.74) is -0.604. The number of aliphatic carboxylic acids is 1. The third-order valence-corrected chi connectivity index (χ3v) is 3.73. The maximum absolute atomic E-state index is 11.2. The van der Waals surface area contributed by atoms with Gasteiger partial charge < -0.3 is 10.0 Å². The van der Waals surface area contributed by atoms with Crippen molar-refractivity contribution in [3.05, 3.63) is 12.7 Å². The molecule has 1 saturated heterocycles. The van der Waals surface area contributed by atoms with Crippen LogP contribution in [-0.4, -0.2) is 35.6 Å². The Morgan fingerprint density at radius 3 is 2.88 bits per heavy atom. The molecular formula is C13H23NO2. The molecule has 1 N–H and O–H groups in total. The molecule has 0 spiro atoms. The van der Waals surface area contributed by atoms with Crippen LogP contribution in [0.1, 0.15) is 33.1 Å². The first-order valence-electron chi connectivity index (χ1n) is 6.05. The van der Waals surface area contributed by atoms with Crippen molar-refractivity contribution in [1.82, 2.24) is 4.90 Å². The zero-order valence-corrected chi connectivity index (χ0v) is 10.4. The molecule has 1 rings (SSSR count). The van der Waals surface area contributed by atoms with Crippen molar-refractivity contribution in [2.24, 2.45) is 11.3 Å². The van der Waals surface area contributed by atoms with E-state index in [9.17, 15) is 9.90 Å². The molecule has 3 heteroatoms. The minimum absolute atomic E-state index is 0.267. The maximum Gasteiger partial charge on any atom is 0.309 e. The lowest BCUT2D eigenvalue weighted by molar-refractivity contribution is -0.151. The Balaban J connectivity index is 2.56. The standard InChI is InChI=1S/C13H23NO2/c1-4-5-8-14-9-6-7-11(10-14)13(2,3)12(15)16/h4,11H,1,5-10H2,2-3H3,(H,15,16). The first kappa shape index (κ1) is 13.2. The number of nitrogens with zero attached hydrogens (tertiary/aromatic N) is 1. The predicted molar refractivity (Wildman–Crippen MR) is 65.4 cm³/mol. The minimum Gasteiger partial charge on any atom is -0.481 e. The van der Waals surface area contributed by atoms with Gasteiger partial charge in [0.05, 0.1) is 5.41 Å². The van der Waals surface area contributed by atoms with Gasteiger partial charge in [-0.1, -0.05) is 6.08 Å². The monoisotopic (exact) mass is 225 g/mol.